The Morgan fingerprint density at radius 2 is 2.03 bits per heavy atom. The molecule has 0 saturated heterocycles. The lowest BCUT2D eigenvalue weighted by molar-refractivity contribution is -0.139. The van der Waals surface area contributed by atoms with E-state index in [9.17, 15) is 14.7 Å². The number of ether oxygens (including phenoxy) is 1. The third kappa shape index (κ3) is 4.52. The third-order valence-corrected chi connectivity index (χ3v) is 8.70. The number of aromatic nitrogens is 1. The minimum Gasteiger partial charge on any atom is -0.481 e. The average molecular weight is 527 g/mol. The Morgan fingerprint density at radius 1 is 1.26 bits per heavy atom. The highest BCUT2D eigenvalue weighted by molar-refractivity contribution is 7.38. The summed E-state index contributed by atoms with van der Waals surface area (Å²) in [5, 5.41) is 16.7. The first-order valence-electron chi connectivity index (χ1n) is 10.7. The predicted octanol–water partition coefficient (Wildman–Crippen LogP) is 6.74. The number of hydrogen-bond acceptors (Lipinski definition) is 7. The van der Waals surface area contributed by atoms with Gasteiger partial charge in [0.15, 0.2) is 5.15 Å². The second kappa shape index (κ2) is 9.04. The number of carboxylic acid groups (broad SMARTS) is 1. The Bertz CT molecular complexity index is 1490. The molecule has 178 valence electrons. The molecule has 35 heavy (non-hydrogen) atoms. The van der Waals surface area contributed by atoms with Crippen molar-refractivity contribution in [2.45, 2.75) is 38.2 Å². The van der Waals surface area contributed by atoms with E-state index in [0.717, 1.165) is 30.3 Å². The summed E-state index contributed by atoms with van der Waals surface area (Å²) in [5.41, 5.74) is 1.34. The second-order valence-corrected chi connectivity index (χ2v) is 11.0. The number of rotatable bonds is 5. The molecule has 1 unspecified atom stereocenters. The first-order valence-corrected chi connectivity index (χ1v) is 12.8. The van der Waals surface area contributed by atoms with Gasteiger partial charge < -0.3 is 14.4 Å². The molecule has 5 rings (SSSR count). The van der Waals surface area contributed by atoms with E-state index in [2.05, 4.69) is 22.3 Å². The molecule has 1 aliphatic carbocycles. The van der Waals surface area contributed by atoms with E-state index in [1.807, 2.05) is 43.3 Å². The lowest BCUT2D eigenvalue weighted by atomic mass is 10.1. The summed E-state index contributed by atoms with van der Waals surface area (Å²) < 4.78 is 11.7. The molecule has 0 radical (unpaired) electrons. The third-order valence-electron chi connectivity index (χ3n) is 5.93. The Labute approximate surface area is 213 Å². The van der Waals surface area contributed by atoms with Crippen LogP contribution in [0.4, 0.5) is 10.5 Å². The number of fused-ring (bicyclic) bond motifs is 1. The standard InChI is InChI=1S/C25H19ClN2O5S2/c1-13-5-3-4-6-17(13)14(2)32-24(31)27-20-18(33-28-21(20)26)8-7-16-11-15-12-19(35-22(15)34-16)25(9-10-25)23(29)30/h3-6,11-12,14H,9-10H2,1-2H3,(H,27,31)(H,29,30). The number of carbonyl (C=O) groups is 2. The van der Waals surface area contributed by atoms with Crippen LogP contribution in [0.5, 0.6) is 0 Å². The van der Waals surface area contributed by atoms with E-state index < -0.39 is 23.6 Å². The number of aryl methyl sites for hydroxylation is 1. The van der Waals surface area contributed by atoms with Gasteiger partial charge in [-0.2, -0.15) is 0 Å². The van der Waals surface area contributed by atoms with Crippen molar-refractivity contribution < 1.29 is 24.0 Å². The Balaban J connectivity index is 1.30. The average Bonchev–Trinajstić information content (AvgIpc) is 3.25. The van der Waals surface area contributed by atoms with Crippen molar-refractivity contribution in [2.24, 2.45) is 0 Å². The maximum absolute atomic E-state index is 12.5. The van der Waals surface area contributed by atoms with Crippen molar-refractivity contribution in [1.29, 1.82) is 0 Å². The molecule has 1 atom stereocenters. The first kappa shape index (κ1) is 23.4. The maximum Gasteiger partial charge on any atom is 0.412 e. The van der Waals surface area contributed by atoms with Gasteiger partial charge in [0.25, 0.3) is 0 Å². The van der Waals surface area contributed by atoms with Gasteiger partial charge in [-0.25, -0.2) is 4.79 Å². The van der Waals surface area contributed by atoms with Gasteiger partial charge in [-0.05, 0) is 61.8 Å². The second-order valence-electron chi connectivity index (χ2n) is 8.31. The number of hydrogen-bond donors (Lipinski definition) is 2. The number of anilines is 1. The van der Waals surface area contributed by atoms with Crippen LogP contribution in [0.3, 0.4) is 0 Å². The maximum atomic E-state index is 12.5. The fraction of sp³-hybridized carbons (Fsp3) is 0.240. The summed E-state index contributed by atoms with van der Waals surface area (Å²) >= 11 is 9.07. The summed E-state index contributed by atoms with van der Waals surface area (Å²) in [6.07, 6.45) is 0.184. The van der Waals surface area contributed by atoms with E-state index in [4.69, 9.17) is 20.9 Å². The Kier molecular flexibility index (Phi) is 6.05. The molecule has 0 bridgehead atoms. The van der Waals surface area contributed by atoms with Crippen molar-refractivity contribution in [3.63, 3.8) is 0 Å². The lowest BCUT2D eigenvalue weighted by Gasteiger charge is -2.15. The number of nitrogens with zero attached hydrogens (tertiary/aromatic N) is 1. The van der Waals surface area contributed by atoms with E-state index in [0.29, 0.717) is 12.8 Å². The zero-order valence-electron chi connectivity index (χ0n) is 18.7. The molecule has 0 aliphatic heterocycles. The van der Waals surface area contributed by atoms with Crippen LogP contribution in [0.1, 0.15) is 52.5 Å². The van der Waals surface area contributed by atoms with Crippen molar-refractivity contribution in [1.82, 2.24) is 5.16 Å². The number of amides is 1. The van der Waals surface area contributed by atoms with Gasteiger partial charge in [0.2, 0.25) is 5.76 Å². The number of aliphatic carboxylic acids is 1. The summed E-state index contributed by atoms with van der Waals surface area (Å²) in [4.78, 5) is 25.7. The number of nitrogens with one attached hydrogen (secondary N) is 1. The van der Waals surface area contributed by atoms with E-state index >= 15 is 0 Å². The SMILES string of the molecule is Cc1ccccc1C(C)OC(=O)Nc1c(Cl)noc1C#Cc1cc2cc(C3(C(=O)O)CC3)sc2s1. The van der Waals surface area contributed by atoms with Crippen LogP contribution in [0.25, 0.3) is 9.40 Å². The molecule has 1 saturated carbocycles. The molecular formula is C25H19ClN2O5S2. The van der Waals surface area contributed by atoms with Crippen LogP contribution >= 0.6 is 34.3 Å². The smallest absolute Gasteiger partial charge is 0.412 e. The molecule has 7 nitrogen and oxygen atoms in total. The molecular weight excluding hydrogens is 508 g/mol. The number of thiophene rings is 2. The van der Waals surface area contributed by atoms with E-state index in [-0.39, 0.29) is 16.6 Å². The van der Waals surface area contributed by atoms with Crippen LogP contribution in [-0.4, -0.2) is 22.3 Å². The van der Waals surface area contributed by atoms with E-state index in [1.54, 1.807) is 6.92 Å². The largest absolute Gasteiger partial charge is 0.481 e. The zero-order chi connectivity index (χ0) is 24.7. The molecule has 2 N–H and O–H groups in total. The summed E-state index contributed by atoms with van der Waals surface area (Å²) in [7, 11) is 0. The quantitative estimate of drug-likeness (QED) is 0.279. The van der Waals surface area contributed by atoms with E-state index in [1.165, 1.54) is 22.7 Å². The predicted molar refractivity (Wildman–Crippen MR) is 135 cm³/mol. The molecule has 4 aromatic rings. The van der Waals surface area contributed by atoms with Crippen LogP contribution in [0.2, 0.25) is 5.15 Å². The van der Waals surface area contributed by atoms with Crippen LogP contribution < -0.4 is 5.32 Å². The van der Waals surface area contributed by atoms with Gasteiger partial charge in [-0.3, -0.25) is 10.1 Å². The minimum atomic E-state index is -0.763. The fourth-order valence-electron chi connectivity index (χ4n) is 3.81. The van der Waals surface area contributed by atoms with Gasteiger partial charge in [0.05, 0.1) is 8.89 Å². The van der Waals surface area contributed by atoms with Crippen LogP contribution in [0, 0.1) is 18.8 Å². The number of benzene rings is 1. The number of halogens is 1. The highest BCUT2D eigenvalue weighted by Crippen LogP contribution is 2.52. The van der Waals surface area contributed by atoms with Crippen molar-refractivity contribution in [3.8, 4) is 11.8 Å². The molecule has 3 heterocycles. The zero-order valence-corrected chi connectivity index (χ0v) is 21.1. The van der Waals surface area contributed by atoms with Gasteiger partial charge in [-0.1, -0.05) is 41.0 Å². The van der Waals surface area contributed by atoms with Crippen molar-refractivity contribution >= 4 is 61.4 Å². The highest BCUT2D eigenvalue weighted by atomic mass is 35.5. The molecule has 1 amide bonds. The van der Waals surface area contributed by atoms with Gasteiger partial charge in [-0.15, -0.1) is 22.7 Å². The summed E-state index contributed by atoms with van der Waals surface area (Å²) in [5.74, 6) is 5.22. The van der Waals surface area contributed by atoms with Crippen LogP contribution in [-0.2, 0) is 14.9 Å². The molecule has 1 aromatic carbocycles. The van der Waals surface area contributed by atoms with Gasteiger partial charge in [0, 0.05) is 10.3 Å². The Hall–Kier alpha value is -3.32. The monoisotopic (exact) mass is 526 g/mol. The fourth-order valence-corrected chi connectivity index (χ4v) is 6.51. The Morgan fingerprint density at radius 3 is 2.71 bits per heavy atom. The highest BCUT2D eigenvalue weighted by Gasteiger charge is 2.53. The van der Waals surface area contributed by atoms with Crippen LogP contribution in [0.15, 0.2) is 40.9 Å². The molecule has 10 heteroatoms. The summed E-state index contributed by atoms with van der Waals surface area (Å²) in [6.45, 7) is 3.73. The topological polar surface area (TPSA) is 102 Å². The molecule has 1 aliphatic rings. The van der Waals surface area contributed by atoms with Crippen molar-refractivity contribution in [3.05, 3.63) is 68.2 Å². The lowest BCUT2D eigenvalue weighted by Crippen LogP contribution is -2.17. The molecule has 1 fully saturated rings. The van der Waals surface area contributed by atoms with Gasteiger partial charge in [0.1, 0.15) is 17.2 Å². The molecule has 0 spiro atoms. The number of carboxylic acids is 1. The summed E-state index contributed by atoms with van der Waals surface area (Å²) in [6, 6.07) is 11.5. The normalized spacial score (nSPS) is 14.7. The number of carbonyl (C=O) groups excluding carboxylic acids is 1. The minimum absolute atomic E-state index is 0.0324. The van der Waals surface area contributed by atoms with Gasteiger partial charge >= 0.3 is 12.1 Å². The first-order chi connectivity index (χ1) is 16.8. The van der Waals surface area contributed by atoms with Crippen molar-refractivity contribution in [2.75, 3.05) is 5.32 Å². The molecule has 3 aromatic heterocycles.